The van der Waals surface area contributed by atoms with E-state index in [1.807, 2.05) is 13.0 Å². The van der Waals surface area contributed by atoms with Crippen molar-refractivity contribution in [1.29, 1.82) is 0 Å². The van der Waals surface area contributed by atoms with Gasteiger partial charge < -0.3 is 14.0 Å². The molecule has 1 saturated heterocycles. The first kappa shape index (κ1) is 14.8. The van der Waals surface area contributed by atoms with Crippen molar-refractivity contribution >= 4 is 0 Å². The minimum absolute atomic E-state index is 0.101. The molecule has 5 heteroatoms. The molecule has 0 amide bonds. The van der Waals surface area contributed by atoms with Gasteiger partial charge in [-0.2, -0.15) is 4.98 Å². The Morgan fingerprint density at radius 2 is 2.00 bits per heavy atom. The third kappa shape index (κ3) is 2.30. The van der Waals surface area contributed by atoms with E-state index in [0.29, 0.717) is 25.7 Å². The van der Waals surface area contributed by atoms with Crippen molar-refractivity contribution < 1.29 is 14.0 Å². The maximum absolute atomic E-state index is 5.94. The van der Waals surface area contributed by atoms with E-state index >= 15 is 0 Å². The Hall–Kier alpha value is -1.72. The molecule has 0 spiro atoms. The molecule has 1 aliphatic heterocycles. The van der Waals surface area contributed by atoms with Crippen molar-refractivity contribution in [1.82, 2.24) is 10.1 Å². The predicted octanol–water partition coefficient (Wildman–Crippen LogP) is 3.19. The summed E-state index contributed by atoms with van der Waals surface area (Å²) in [6.45, 7) is 3.74. The number of ether oxygens (including phenoxy) is 2. The van der Waals surface area contributed by atoms with E-state index in [4.69, 9.17) is 19.0 Å². The minimum atomic E-state index is -0.568. The topological polar surface area (TPSA) is 57.4 Å². The van der Waals surface area contributed by atoms with Crippen molar-refractivity contribution in [2.75, 3.05) is 19.8 Å². The van der Waals surface area contributed by atoms with Crippen molar-refractivity contribution in [3.8, 4) is 0 Å². The van der Waals surface area contributed by atoms with Crippen LogP contribution in [0.2, 0.25) is 0 Å². The Morgan fingerprint density at radius 3 is 2.61 bits per heavy atom. The molecule has 1 saturated carbocycles. The molecule has 1 aromatic carbocycles. The molecule has 0 radical (unpaired) electrons. The maximum atomic E-state index is 5.94. The SMILES string of the molecule is CCOC1(c2nc(C3(c4ccccc4)CCC3)no2)CCOC1. The zero-order valence-electron chi connectivity index (χ0n) is 13.5. The van der Waals surface area contributed by atoms with E-state index in [9.17, 15) is 0 Å². The molecular weight excluding hydrogens is 292 g/mol. The standard InChI is InChI=1S/C18H22N2O3/c1-2-22-18(11-12-21-13-18)16-19-15(20-23-16)17(9-6-10-17)14-7-4-3-5-8-14/h3-5,7-8H,2,6,9-13H2,1H3. The highest BCUT2D eigenvalue weighted by Crippen LogP contribution is 2.48. The molecule has 0 bridgehead atoms. The molecule has 2 aliphatic rings. The highest BCUT2D eigenvalue weighted by molar-refractivity contribution is 5.35. The van der Waals surface area contributed by atoms with E-state index in [1.54, 1.807) is 0 Å². The van der Waals surface area contributed by atoms with Crippen LogP contribution in [-0.2, 0) is 20.5 Å². The van der Waals surface area contributed by atoms with Crippen molar-refractivity contribution in [3.63, 3.8) is 0 Å². The summed E-state index contributed by atoms with van der Waals surface area (Å²) in [6.07, 6.45) is 4.08. The van der Waals surface area contributed by atoms with E-state index in [1.165, 1.54) is 12.0 Å². The largest absolute Gasteiger partial charge is 0.378 e. The van der Waals surface area contributed by atoms with Gasteiger partial charge in [-0.1, -0.05) is 41.9 Å². The third-order valence-electron chi connectivity index (χ3n) is 5.18. The maximum Gasteiger partial charge on any atom is 0.261 e. The number of nitrogens with zero attached hydrogens (tertiary/aromatic N) is 2. The molecular formula is C18H22N2O3. The van der Waals surface area contributed by atoms with E-state index < -0.39 is 5.60 Å². The molecule has 122 valence electrons. The second-order valence-corrected chi connectivity index (χ2v) is 6.45. The first-order valence-electron chi connectivity index (χ1n) is 8.41. The number of benzene rings is 1. The van der Waals surface area contributed by atoms with Crippen LogP contribution in [0, 0.1) is 0 Å². The van der Waals surface area contributed by atoms with Crippen LogP contribution < -0.4 is 0 Å². The van der Waals surface area contributed by atoms with Crippen LogP contribution in [-0.4, -0.2) is 30.0 Å². The summed E-state index contributed by atoms with van der Waals surface area (Å²) in [5, 5.41) is 4.34. The number of rotatable bonds is 5. The highest BCUT2D eigenvalue weighted by atomic mass is 16.6. The fourth-order valence-corrected chi connectivity index (χ4v) is 3.70. The fraction of sp³-hybridized carbons (Fsp3) is 0.556. The van der Waals surface area contributed by atoms with Crippen LogP contribution in [0.25, 0.3) is 0 Å². The molecule has 2 fully saturated rings. The summed E-state index contributed by atoms with van der Waals surface area (Å²) in [6, 6.07) is 10.5. The average molecular weight is 314 g/mol. The Bertz CT molecular complexity index is 658. The number of hydrogen-bond acceptors (Lipinski definition) is 5. The fourth-order valence-electron chi connectivity index (χ4n) is 3.70. The van der Waals surface area contributed by atoms with Crippen molar-refractivity contribution in [2.45, 2.75) is 43.6 Å². The Morgan fingerprint density at radius 1 is 1.17 bits per heavy atom. The van der Waals surface area contributed by atoms with Gasteiger partial charge in [-0.25, -0.2) is 0 Å². The van der Waals surface area contributed by atoms with Gasteiger partial charge in [0.25, 0.3) is 5.89 Å². The summed E-state index contributed by atoms with van der Waals surface area (Å²) in [5.41, 5.74) is 0.601. The van der Waals surface area contributed by atoms with Crippen LogP contribution in [0.5, 0.6) is 0 Å². The van der Waals surface area contributed by atoms with Gasteiger partial charge >= 0.3 is 0 Å². The van der Waals surface area contributed by atoms with Crippen molar-refractivity contribution in [2.24, 2.45) is 0 Å². The molecule has 1 atom stereocenters. The lowest BCUT2D eigenvalue weighted by Crippen LogP contribution is -2.37. The lowest BCUT2D eigenvalue weighted by molar-refractivity contribution is -0.0687. The Kier molecular flexibility index (Phi) is 3.70. The van der Waals surface area contributed by atoms with Crippen LogP contribution in [0.1, 0.15) is 49.9 Å². The van der Waals surface area contributed by atoms with Gasteiger partial charge in [0.05, 0.1) is 18.6 Å². The van der Waals surface area contributed by atoms with Gasteiger partial charge in [0.15, 0.2) is 11.4 Å². The van der Waals surface area contributed by atoms with Gasteiger partial charge in [0.2, 0.25) is 0 Å². The molecule has 23 heavy (non-hydrogen) atoms. The normalized spacial score (nSPS) is 26.1. The second-order valence-electron chi connectivity index (χ2n) is 6.45. The van der Waals surface area contributed by atoms with Gasteiger partial charge in [-0.3, -0.25) is 0 Å². The third-order valence-corrected chi connectivity index (χ3v) is 5.18. The molecule has 1 aliphatic carbocycles. The molecule has 2 aromatic rings. The van der Waals surface area contributed by atoms with E-state index in [0.717, 1.165) is 25.1 Å². The van der Waals surface area contributed by atoms with Gasteiger partial charge in [0.1, 0.15) is 0 Å². The van der Waals surface area contributed by atoms with Crippen LogP contribution >= 0.6 is 0 Å². The highest BCUT2D eigenvalue weighted by Gasteiger charge is 2.48. The summed E-state index contributed by atoms with van der Waals surface area (Å²) in [4.78, 5) is 4.77. The van der Waals surface area contributed by atoms with Gasteiger partial charge in [0, 0.05) is 13.0 Å². The van der Waals surface area contributed by atoms with Crippen LogP contribution in [0.15, 0.2) is 34.9 Å². The zero-order chi connectivity index (χ0) is 15.8. The zero-order valence-corrected chi connectivity index (χ0v) is 13.5. The first-order valence-corrected chi connectivity index (χ1v) is 8.41. The summed E-state index contributed by atoms with van der Waals surface area (Å²) >= 11 is 0. The summed E-state index contributed by atoms with van der Waals surface area (Å²) in [5.74, 6) is 1.35. The van der Waals surface area contributed by atoms with Gasteiger partial charge in [-0.15, -0.1) is 0 Å². The van der Waals surface area contributed by atoms with Crippen LogP contribution in [0.4, 0.5) is 0 Å². The number of hydrogen-bond donors (Lipinski definition) is 0. The lowest BCUT2D eigenvalue weighted by Gasteiger charge is -2.39. The molecule has 5 nitrogen and oxygen atoms in total. The predicted molar refractivity (Wildman–Crippen MR) is 84.1 cm³/mol. The molecule has 2 heterocycles. The lowest BCUT2D eigenvalue weighted by atomic mass is 9.64. The average Bonchev–Trinajstić information content (AvgIpc) is 3.18. The smallest absolute Gasteiger partial charge is 0.261 e. The molecule has 4 rings (SSSR count). The Balaban J connectivity index is 1.70. The minimum Gasteiger partial charge on any atom is -0.378 e. The van der Waals surface area contributed by atoms with Crippen LogP contribution in [0.3, 0.4) is 0 Å². The second kappa shape index (κ2) is 5.73. The quantitative estimate of drug-likeness (QED) is 0.848. The first-order chi connectivity index (χ1) is 11.3. The Labute approximate surface area is 136 Å². The molecule has 1 unspecified atom stereocenters. The van der Waals surface area contributed by atoms with Crippen molar-refractivity contribution in [3.05, 3.63) is 47.6 Å². The monoisotopic (exact) mass is 314 g/mol. The van der Waals surface area contributed by atoms with E-state index in [-0.39, 0.29) is 5.41 Å². The molecule has 0 N–H and O–H groups in total. The van der Waals surface area contributed by atoms with E-state index in [2.05, 4.69) is 29.4 Å². The summed E-state index contributed by atoms with van der Waals surface area (Å²) < 4.78 is 17.1. The summed E-state index contributed by atoms with van der Waals surface area (Å²) in [7, 11) is 0. The molecule has 1 aromatic heterocycles. The van der Waals surface area contributed by atoms with Gasteiger partial charge in [-0.05, 0) is 25.3 Å². The number of aromatic nitrogens is 2.